The molecule has 1 N–H and O–H groups in total. The third-order valence-corrected chi connectivity index (χ3v) is 9.24. The van der Waals surface area contributed by atoms with Crippen molar-refractivity contribution in [1.29, 1.82) is 0 Å². The second kappa shape index (κ2) is 5.80. The average molecular weight is 354 g/mol. The zero-order chi connectivity index (χ0) is 17.1. The smallest absolute Gasteiger partial charge is 0.201 e. The molecule has 4 nitrogen and oxygen atoms in total. The number of hydrogen-bond donors (Lipinski definition) is 2. The maximum Gasteiger partial charge on any atom is 0.201 e. The summed E-state index contributed by atoms with van der Waals surface area (Å²) in [6.45, 7) is 4.71. The van der Waals surface area contributed by atoms with Gasteiger partial charge in [-0.05, 0) is 80.5 Å². The van der Waals surface area contributed by atoms with E-state index in [1.807, 2.05) is 0 Å². The lowest BCUT2D eigenvalue weighted by Crippen LogP contribution is -2.55. The second-order valence-electron chi connectivity index (χ2n) is 9.43. The Balaban J connectivity index is 1.55. The molecule has 4 aliphatic carbocycles. The molecule has 0 bridgehead atoms. The first-order chi connectivity index (χ1) is 11.3. The van der Waals surface area contributed by atoms with E-state index in [1.165, 1.54) is 19.3 Å². The van der Waals surface area contributed by atoms with Crippen molar-refractivity contribution in [3.05, 3.63) is 0 Å². The quantitative estimate of drug-likeness (QED) is 0.750. The predicted octanol–water partition coefficient (Wildman–Crippen LogP) is 3.08. The number of nitrogens with one attached hydrogen (secondary N) is 1. The summed E-state index contributed by atoms with van der Waals surface area (Å²) in [6, 6.07) is 0.141. The van der Waals surface area contributed by atoms with E-state index in [4.69, 9.17) is 0 Å². The van der Waals surface area contributed by atoms with Gasteiger partial charge in [-0.25, -0.2) is 13.1 Å². The van der Waals surface area contributed by atoms with Gasteiger partial charge in [0.15, 0.2) is 0 Å². The van der Waals surface area contributed by atoms with E-state index in [1.54, 1.807) is 0 Å². The van der Waals surface area contributed by atoms with Crippen LogP contribution in [0.1, 0.15) is 71.6 Å². The third kappa shape index (κ3) is 2.41. The van der Waals surface area contributed by atoms with Gasteiger partial charge in [0, 0.05) is 17.9 Å². The Hall–Kier alpha value is -0.420. The Bertz CT molecular complexity index is 610. The highest BCUT2D eigenvalue weighted by Crippen LogP contribution is 2.65. The molecular weight excluding hydrogens is 322 g/mol. The fourth-order valence-electron chi connectivity index (χ4n) is 7.30. The molecule has 4 saturated carbocycles. The summed E-state index contributed by atoms with van der Waals surface area (Å²) in [5.41, 5.74) is 0.312. The van der Waals surface area contributed by atoms with Crippen LogP contribution in [0.25, 0.3) is 0 Å². The highest BCUT2D eigenvalue weighted by atomic mass is 32.2. The van der Waals surface area contributed by atoms with Gasteiger partial charge in [-0.2, -0.15) is 0 Å². The molecular formula is C19H31NO3S. The number of hydrogen-bond acceptors (Lipinski definition) is 3. The van der Waals surface area contributed by atoms with Crippen molar-refractivity contribution >= 4 is 16.7 Å². The number of thiol groups is 1. The van der Waals surface area contributed by atoms with E-state index in [-0.39, 0.29) is 11.5 Å². The van der Waals surface area contributed by atoms with Gasteiger partial charge in [-0.1, -0.05) is 13.8 Å². The van der Waals surface area contributed by atoms with E-state index in [0.717, 1.165) is 50.4 Å². The predicted molar refractivity (Wildman–Crippen MR) is 94.0 cm³/mol. The summed E-state index contributed by atoms with van der Waals surface area (Å²) in [5.74, 6) is 3.22. The number of ketones is 1. The van der Waals surface area contributed by atoms with Gasteiger partial charge in [0.05, 0.1) is 0 Å². The van der Waals surface area contributed by atoms with Crippen LogP contribution in [0.2, 0.25) is 0 Å². The fraction of sp³-hybridized carbons (Fsp3) is 0.947. The van der Waals surface area contributed by atoms with Crippen molar-refractivity contribution in [1.82, 2.24) is 4.72 Å². The van der Waals surface area contributed by atoms with Crippen LogP contribution in [-0.2, 0) is 15.7 Å². The highest BCUT2D eigenvalue weighted by molar-refractivity contribution is 7.70. The Labute approximate surface area is 147 Å². The van der Waals surface area contributed by atoms with Crippen LogP contribution in [0.5, 0.6) is 0 Å². The van der Waals surface area contributed by atoms with Gasteiger partial charge in [0.2, 0.25) is 10.9 Å². The van der Waals surface area contributed by atoms with Crippen molar-refractivity contribution in [2.24, 2.45) is 34.5 Å². The van der Waals surface area contributed by atoms with Crippen molar-refractivity contribution < 1.29 is 13.2 Å². The molecule has 4 rings (SSSR count). The first-order valence-electron chi connectivity index (χ1n) is 9.78. The molecule has 0 aromatic carbocycles. The largest absolute Gasteiger partial charge is 0.299 e. The molecule has 0 saturated heterocycles. The van der Waals surface area contributed by atoms with Gasteiger partial charge in [-0.3, -0.25) is 4.79 Å². The summed E-state index contributed by atoms with van der Waals surface area (Å²) in [7, 11) is -2.49. The van der Waals surface area contributed by atoms with Crippen molar-refractivity contribution in [3.8, 4) is 0 Å². The number of rotatable bonds is 2. The van der Waals surface area contributed by atoms with E-state index >= 15 is 0 Å². The van der Waals surface area contributed by atoms with Crippen LogP contribution in [0.3, 0.4) is 0 Å². The summed E-state index contributed by atoms with van der Waals surface area (Å²) in [5, 5.41) is 0. The summed E-state index contributed by atoms with van der Waals surface area (Å²) in [6.07, 6.45) is 9.76. The Morgan fingerprint density at radius 1 is 1.00 bits per heavy atom. The molecule has 0 aromatic rings. The third-order valence-electron chi connectivity index (χ3n) is 8.66. The number of Topliss-reactive ketones (excluding diaryl/α,β-unsaturated/α-hetero) is 1. The highest BCUT2D eigenvalue weighted by Gasteiger charge is 2.60. The molecule has 0 amide bonds. The minimum atomic E-state index is -2.49. The lowest BCUT2D eigenvalue weighted by molar-refractivity contribution is -0.139. The topological polar surface area (TPSA) is 63.2 Å². The van der Waals surface area contributed by atoms with Gasteiger partial charge in [-0.15, -0.1) is 0 Å². The molecule has 0 unspecified atom stereocenters. The average Bonchev–Trinajstić information content (AvgIpc) is 2.83. The summed E-state index contributed by atoms with van der Waals surface area (Å²) in [4.78, 5) is 12.4. The van der Waals surface area contributed by atoms with Gasteiger partial charge < -0.3 is 0 Å². The molecule has 0 heterocycles. The minimum Gasteiger partial charge on any atom is -0.299 e. The van der Waals surface area contributed by atoms with Crippen LogP contribution >= 0.6 is 0 Å². The summed E-state index contributed by atoms with van der Waals surface area (Å²) < 4.78 is 24.8. The molecule has 7 atom stereocenters. The monoisotopic (exact) mass is 353 g/mol. The normalized spacial score (nSPS) is 51.1. The Morgan fingerprint density at radius 2 is 1.79 bits per heavy atom. The Kier molecular flexibility index (Phi) is 4.11. The first-order valence-corrected chi connectivity index (χ1v) is 11.0. The standard InChI is InChI=1S/C19H31NO3S/c1-18-9-7-13(20-24(22)23)11-12(18)3-4-14-15-5-6-17(21)19(15,2)10-8-16(14)18/h12-16,24H,3-11H2,1-2H3,(H,20,22,23)/t12-,13+,14-,15-,16-,18-,19-/m0/s1. The summed E-state index contributed by atoms with van der Waals surface area (Å²) >= 11 is 0. The van der Waals surface area contributed by atoms with Gasteiger partial charge >= 0.3 is 0 Å². The lowest BCUT2D eigenvalue weighted by atomic mass is 9.45. The molecule has 24 heavy (non-hydrogen) atoms. The fourth-order valence-corrected chi connectivity index (χ4v) is 7.83. The lowest BCUT2D eigenvalue weighted by Gasteiger charge is -2.60. The van der Waals surface area contributed by atoms with E-state index in [9.17, 15) is 13.2 Å². The van der Waals surface area contributed by atoms with Crippen molar-refractivity contribution in [2.45, 2.75) is 77.7 Å². The molecule has 4 aliphatic rings. The van der Waals surface area contributed by atoms with Crippen molar-refractivity contribution in [3.63, 3.8) is 0 Å². The SMILES string of the molecule is C[C@]12CC[C@@H](N[SH](=O)=O)C[C@@H]1CC[C@@H]1[C@@H]2CC[C@]2(C)C(=O)CC[C@@H]12. The maximum absolute atomic E-state index is 12.4. The number of fused-ring (bicyclic) bond motifs is 5. The van der Waals surface area contributed by atoms with Crippen molar-refractivity contribution in [2.75, 3.05) is 0 Å². The minimum absolute atomic E-state index is 0.0376. The van der Waals surface area contributed by atoms with Crippen LogP contribution in [0.15, 0.2) is 0 Å². The second-order valence-corrected chi connectivity index (χ2v) is 10.2. The molecule has 136 valence electrons. The van der Waals surface area contributed by atoms with Crippen LogP contribution in [-0.4, -0.2) is 20.2 Å². The molecule has 5 heteroatoms. The Morgan fingerprint density at radius 3 is 2.54 bits per heavy atom. The zero-order valence-electron chi connectivity index (χ0n) is 14.9. The molecule has 4 fully saturated rings. The first kappa shape index (κ1) is 17.0. The zero-order valence-corrected chi connectivity index (χ0v) is 15.8. The van der Waals surface area contributed by atoms with Gasteiger partial charge in [0.1, 0.15) is 5.78 Å². The van der Waals surface area contributed by atoms with E-state index in [0.29, 0.717) is 23.0 Å². The number of carbonyl (C=O) groups is 1. The molecule has 0 aromatic heterocycles. The van der Waals surface area contributed by atoms with Gasteiger partial charge in [0.25, 0.3) is 0 Å². The molecule has 0 radical (unpaired) electrons. The van der Waals surface area contributed by atoms with Crippen LogP contribution < -0.4 is 4.72 Å². The maximum atomic E-state index is 12.4. The van der Waals surface area contributed by atoms with E-state index in [2.05, 4.69) is 18.6 Å². The van der Waals surface area contributed by atoms with Crippen LogP contribution in [0, 0.1) is 34.5 Å². The number of carbonyl (C=O) groups excluding carboxylic acids is 1. The van der Waals surface area contributed by atoms with E-state index < -0.39 is 10.9 Å². The molecule has 0 spiro atoms. The molecule has 0 aliphatic heterocycles. The van der Waals surface area contributed by atoms with Crippen LogP contribution in [0.4, 0.5) is 0 Å².